The quantitative estimate of drug-likeness (QED) is 0.139. The highest BCUT2D eigenvalue weighted by molar-refractivity contribution is 6.39. The topological polar surface area (TPSA) is 243 Å². The van der Waals surface area contributed by atoms with Gasteiger partial charge in [-0.25, -0.2) is 9.80 Å². The van der Waals surface area contributed by atoms with Crippen molar-refractivity contribution >= 4 is 116 Å². The van der Waals surface area contributed by atoms with E-state index < -0.39 is 47.3 Å². The molecule has 0 aliphatic carbocycles. The number of aromatic amines is 1. The van der Waals surface area contributed by atoms with E-state index >= 15 is 0 Å². The molecule has 4 aliphatic heterocycles. The lowest BCUT2D eigenvalue weighted by Crippen LogP contribution is -2.29. The molecule has 0 saturated carbocycles. The number of fused-ring (bicyclic) bond motifs is 7. The van der Waals surface area contributed by atoms with Crippen LogP contribution < -0.4 is 19.6 Å². The Morgan fingerprint density at radius 2 is 0.716 bits per heavy atom. The molecular weight excluding hydrogens is 1080 g/mol. The maximum Gasteiger partial charge on any atom is 0.332 e. The molecule has 7 heterocycles. The van der Waals surface area contributed by atoms with Crippen LogP contribution in [-0.2, 0) is 0 Å². The molecule has 0 unspecified atom stereocenters. The number of nitrogens with one attached hydrogen (secondary N) is 1. The molecule has 0 radical (unpaired) electrons. The zero-order valence-electron chi connectivity index (χ0n) is 40.9. The minimum Gasteiger partial charge on any atom is -0.403 e. The SMILES string of the molecule is O=C1c2ccc(-c3cccc4c3C(=O)N(c3nnc(-c5ccccc5Cl)o3)C4=O)cc2C(=O)N1c1ccc2[nH]c3ccc(N4C(=O)c5cccc(-c6ccc7c(c6)C(=O)N(c6nnc(-c8ccccc8Cl)o6)C7=O)c5C4=O)cc3c2c1. The average Bonchev–Trinajstić information content (AvgIpc) is 4.54. The van der Waals surface area contributed by atoms with Gasteiger partial charge >= 0.3 is 12.0 Å². The van der Waals surface area contributed by atoms with Crippen molar-refractivity contribution in [1.29, 1.82) is 0 Å². The lowest BCUT2D eigenvalue weighted by molar-refractivity contribution is 0.0902. The summed E-state index contributed by atoms with van der Waals surface area (Å²) < 4.78 is 11.5. The number of hydrogen-bond acceptors (Lipinski definition) is 14. The number of rotatable bonds is 8. The van der Waals surface area contributed by atoms with Crippen LogP contribution in [0.4, 0.5) is 23.4 Å². The Balaban J connectivity index is 0.708. The molecular formula is C60H27Cl2N9O10. The van der Waals surface area contributed by atoms with E-state index in [9.17, 15) is 38.4 Å². The lowest BCUT2D eigenvalue weighted by atomic mass is 9.94. The summed E-state index contributed by atoms with van der Waals surface area (Å²) in [6.45, 7) is 0. The van der Waals surface area contributed by atoms with Crippen molar-refractivity contribution in [2.75, 3.05) is 19.6 Å². The normalized spacial score (nSPS) is 14.6. The molecule has 3 aromatic heterocycles. The van der Waals surface area contributed by atoms with Crippen LogP contribution in [0.5, 0.6) is 0 Å². The molecule has 0 saturated heterocycles. The Labute approximate surface area is 463 Å². The van der Waals surface area contributed by atoms with Crippen LogP contribution in [0.1, 0.15) is 82.9 Å². The minimum atomic E-state index is -0.735. The summed E-state index contributed by atoms with van der Waals surface area (Å²) in [4.78, 5) is 120. The zero-order valence-corrected chi connectivity index (χ0v) is 42.4. The van der Waals surface area contributed by atoms with Crippen molar-refractivity contribution in [2.24, 2.45) is 0 Å². The molecule has 0 atom stereocenters. The van der Waals surface area contributed by atoms with Crippen molar-refractivity contribution in [2.45, 2.75) is 0 Å². The van der Waals surface area contributed by atoms with Crippen LogP contribution in [0.25, 0.3) is 67.0 Å². The molecule has 8 amide bonds. The van der Waals surface area contributed by atoms with Gasteiger partial charge in [-0.05, 0) is 119 Å². The predicted molar refractivity (Wildman–Crippen MR) is 294 cm³/mol. The summed E-state index contributed by atoms with van der Waals surface area (Å²) >= 11 is 12.6. The van der Waals surface area contributed by atoms with Crippen LogP contribution in [0, 0.1) is 0 Å². The summed E-state index contributed by atoms with van der Waals surface area (Å²) in [5.41, 5.74) is 4.53. The van der Waals surface area contributed by atoms with E-state index in [0.29, 0.717) is 65.2 Å². The van der Waals surface area contributed by atoms with Gasteiger partial charge in [-0.1, -0.05) is 94.1 Å². The number of halogens is 2. The van der Waals surface area contributed by atoms with Crippen LogP contribution in [0.15, 0.2) is 167 Å². The van der Waals surface area contributed by atoms with Crippen LogP contribution >= 0.6 is 23.2 Å². The van der Waals surface area contributed by atoms with Gasteiger partial charge in [0.2, 0.25) is 0 Å². The Kier molecular flexibility index (Phi) is 10.0. The largest absolute Gasteiger partial charge is 0.403 e. The summed E-state index contributed by atoms with van der Waals surface area (Å²) in [5, 5.41) is 17.7. The first kappa shape index (κ1) is 47.2. The number of nitrogens with zero attached hydrogens (tertiary/aromatic N) is 8. The molecule has 1 N–H and O–H groups in total. The van der Waals surface area contributed by atoms with Gasteiger partial charge in [-0.2, -0.15) is 9.80 Å². The van der Waals surface area contributed by atoms with Crippen molar-refractivity contribution < 1.29 is 47.2 Å². The number of anilines is 4. The molecule has 386 valence electrons. The van der Waals surface area contributed by atoms with Crippen LogP contribution in [0.2, 0.25) is 10.0 Å². The van der Waals surface area contributed by atoms with Crippen molar-refractivity contribution in [1.82, 2.24) is 25.4 Å². The van der Waals surface area contributed by atoms with E-state index in [1.807, 2.05) is 0 Å². The molecule has 15 rings (SSSR count). The fourth-order valence-electron chi connectivity index (χ4n) is 10.9. The van der Waals surface area contributed by atoms with E-state index in [1.165, 1.54) is 36.4 Å². The van der Waals surface area contributed by atoms with Gasteiger partial charge in [-0.15, -0.1) is 10.2 Å². The van der Waals surface area contributed by atoms with E-state index in [1.54, 1.807) is 121 Å². The highest BCUT2D eigenvalue weighted by Crippen LogP contribution is 2.43. The maximum atomic E-state index is 14.6. The Hall–Kier alpha value is -11.0. The van der Waals surface area contributed by atoms with Gasteiger partial charge < -0.3 is 13.8 Å². The summed E-state index contributed by atoms with van der Waals surface area (Å²) in [6, 6.07) is 41.4. The highest BCUT2D eigenvalue weighted by atomic mass is 35.5. The maximum absolute atomic E-state index is 14.6. The predicted octanol–water partition coefficient (Wildman–Crippen LogP) is 11.3. The second-order valence-electron chi connectivity index (χ2n) is 19.1. The third-order valence-corrected chi connectivity index (χ3v) is 15.4. The van der Waals surface area contributed by atoms with Gasteiger partial charge in [0.1, 0.15) is 0 Å². The van der Waals surface area contributed by atoms with Crippen molar-refractivity contribution in [3.8, 4) is 45.2 Å². The van der Waals surface area contributed by atoms with Gasteiger partial charge in [0, 0.05) is 21.8 Å². The van der Waals surface area contributed by atoms with Gasteiger partial charge in [0.05, 0.1) is 77.1 Å². The Morgan fingerprint density at radius 3 is 1.22 bits per heavy atom. The average molecular weight is 1100 g/mol. The van der Waals surface area contributed by atoms with Crippen molar-refractivity contribution in [3.05, 3.63) is 212 Å². The fourth-order valence-corrected chi connectivity index (χ4v) is 11.4. The molecule has 0 bridgehead atoms. The number of carbonyl (C=O) groups is 8. The van der Waals surface area contributed by atoms with Gasteiger partial charge in [-0.3, -0.25) is 38.4 Å². The standard InChI is InChI=1S/C60H27Cl2N9O10/c61-43-13-3-1-7-35(43)49-64-66-59(80-49)70-52(73)34-20-16-28(24-42(34)56(70)77)31-9-5-11-37-47(31)57(78)69(53(37)74)30-18-22-46-40(26-30)39-25-29(17-21-45(39)63-46)68-51(72)33-19-15-27(23-41(33)55(68)76)32-10-6-12-38-48(32)58(79)71(54(38)75)60-67-65-50(81-60)36-8-2-4-14-44(36)62/h1-26,63H. The lowest BCUT2D eigenvalue weighted by Gasteiger charge is -2.15. The first-order valence-corrected chi connectivity index (χ1v) is 25.4. The number of amides is 8. The van der Waals surface area contributed by atoms with Crippen LogP contribution in [0.3, 0.4) is 0 Å². The molecule has 81 heavy (non-hydrogen) atoms. The van der Waals surface area contributed by atoms with E-state index in [-0.39, 0.29) is 79.7 Å². The molecule has 11 aromatic rings. The number of H-pyrrole nitrogens is 1. The Morgan fingerprint density at radius 1 is 0.333 bits per heavy atom. The molecule has 4 aliphatic rings. The van der Waals surface area contributed by atoms with E-state index in [2.05, 4.69) is 25.4 Å². The number of hydrogen-bond donors (Lipinski definition) is 1. The Bertz CT molecular complexity index is 4810. The van der Waals surface area contributed by atoms with Gasteiger partial charge in [0.15, 0.2) is 0 Å². The summed E-state index contributed by atoms with van der Waals surface area (Å²) in [5.74, 6) is -5.34. The second kappa shape index (κ2) is 17.2. The molecule has 0 fully saturated rings. The minimum absolute atomic E-state index is 0.00230. The van der Waals surface area contributed by atoms with E-state index in [4.69, 9.17) is 32.0 Å². The van der Waals surface area contributed by atoms with Gasteiger partial charge in [0.25, 0.3) is 59.0 Å². The van der Waals surface area contributed by atoms with E-state index in [0.717, 1.165) is 19.6 Å². The molecule has 19 nitrogen and oxygen atoms in total. The number of benzene rings is 8. The zero-order chi connectivity index (χ0) is 55.3. The van der Waals surface area contributed by atoms with Crippen molar-refractivity contribution in [3.63, 3.8) is 0 Å². The first-order valence-electron chi connectivity index (χ1n) is 24.7. The first-order chi connectivity index (χ1) is 39.3. The number of aromatic nitrogens is 5. The highest BCUT2D eigenvalue weighted by Gasteiger charge is 2.45. The number of carbonyl (C=O) groups excluding carboxylic acids is 8. The number of imide groups is 4. The van der Waals surface area contributed by atoms with Crippen LogP contribution in [-0.4, -0.2) is 72.6 Å². The summed E-state index contributed by atoms with van der Waals surface area (Å²) in [7, 11) is 0. The second-order valence-corrected chi connectivity index (χ2v) is 19.9. The molecule has 21 heteroatoms. The third-order valence-electron chi connectivity index (χ3n) is 14.7. The smallest absolute Gasteiger partial charge is 0.332 e. The monoisotopic (exact) mass is 1100 g/mol. The fraction of sp³-hybridized carbons (Fsp3) is 0. The molecule has 8 aromatic carbocycles. The summed E-state index contributed by atoms with van der Waals surface area (Å²) in [6.07, 6.45) is 0. The molecule has 0 spiro atoms. The third kappa shape index (κ3) is 6.82.